The van der Waals surface area contributed by atoms with E-state index >= 15 is 0 Å². The molecular formula is C51H63ClN6O8S. The largest absolute Gasteiger partial charge is 0.494 e. The summed E-state index contributed by atoms with van der Waals surface area (Å²) in [6.07, 6.45) is 0.242. The van der Waals surface area contributed by atoms with Gasteiger partial charge in [0.15, 0.2) is 0 Å². The molecule has 0 radical (unpaired) electrons. The minimum absolute atomic E-state index is 0.0246. The van der Waals surface area contributed by atoms with Gasteiger partial charge in [0.2, 0.25) is 17.7 Å². The van der Waals surface area contributed by atoms with Gasteiger partial charge in [0.05, 0.1) is 45.4 Å². The first-order valence-electron chi connectivity index (χ1n) is 22.7. The number of likely N-dealkylation sites (tertiary alicyclic amines) is 1. The van der Waals surface area contributed by atoms with Crippen molar-refractivity contribution < 1.29 is 38.5 Å². The Morgan fingerprint density at radius 3 is 2.24 bits per heavy atom. The van der Waals surface area contributed by atoms with Crippen molar-refractivity contribution in [1.29, 1.82) is 5.26 Å². The molecule has 358 valence electrons. The van der Waals surface area contributed by atoms with Gasteiger partial charge in [0, 0.05) is 48.1 Å². The number of thiazole rings is 1. The maximum atomic E-state index is 14.1. The number of aliphatic hydroxyl groups excluding tert-OH is 1. The highest BCUT2D eigenvalue weighted by Crippen LogP contribution is 2.55. The van der Waals surface area contributed by atoms with Crippen molar-refractivity contribution in [2.75, 3.05) is 26.4 Å². The first-order chi connectivity index (χ1) is 31.6. The first kappa shape index (κ1) is 50.9. The molecule has 1 saturated heterocycles. The maximum absolute atomic E-state index is 14.1. The zero-order chi connectivity index (χ0) is 48.8. The number of benzene rings is 3. The molecule has 4 N–H and O–H groups in total. The summed E-state index contributed by atoms with van der Waals surface area (Å²) in [6, 6.07) is 19.5. The molecule has 1 saturated carbocycles. The summed E-state index contributed by atoms with van der Waals surface area (Å²) in [5.74, 6) is -0.313. The van der Waals surface area contributed by atoms with Crippen molar-refractivity contribution in [2.24, 2.45) is 16.2 Å². The van der Waals surface area contributed by atoms with Crippen LogP contribution < -0.4 is 25.4 Å². The van der Waals surface area contributed by atoms with Crippen LogP contribution in [0.2, 0.25) is 5.02 Å². The lowest BCUT2D eigenvalue weighted by Gasteiger charge is -2.63. The number of aliphatic hydroxyl groups is 1. The van der Waals surface area contributed by atoms with Crippen molar-refractivity contribution in [1.82, 2.24) is 25.8 Å². The van der Waals surface area contributed by atoms with E-state index in [0.717, 1.165) is 21.7 Å². The van der Waals surface area contributed by atoms with Gasteiger partial charge in [-0.1, -0.05) is 84.3 Å². The molecule has 4 aromatic rings. The molecule has 4 amide bonds. The Balaban J connectivity index is 0.906. The fraction of sp³-hybridized carbons (Fsp3) is 0.490. The molecule has 0 spiro atoms. The number of aromatic nitrogens is 1. The molecule has 0 unspecified atom stereocenters. The van der Waals surface area contributed by atoms with Crippen LogP contribution in [-0.4, -0.2) is 95.3 Å². The number of nitrogens with zero attached hydrogens (tertiary/aromatic N) is 3. The molecular weight excluding hydrogens is 892 g/mol. The summed E-state index contributed by atoms with van der Waals surface area (Å²) in [7, 11) is 0. The Morgan fingerprint density at radius 2 is 1.63 bits per heavy atom. The highest BCUT2D eigenvalue weighted by molar-refractivity contribution is 7.13. The molecule has 2 fully saturated rings. The Kier molecular flexibility index (Phi) is 16.1. The van der Waals surface area contributed by atoms with Gasteiger partial charge in [0.1, 0.15) is 42.4 Å². The van der Waals surface area contributed by atoms with Crippen LogP contribution in [0.1, 0.15) is 108 Å². The van der Waals surface area contributed by atoms with Crippen LogP contribution in [0.5, 0.6) is 11.5 Å². The van der Waals surface area contributed by atoms with Crippen molar-refractivity contribution >= 4 is 46.6 Å². The molecule has 1 aromatic heterocycles. The molecule has 0 bridgehead atoms. The summed E-state index contributed by atoms with van der Waals surface area (Å²) in [5, 5.41) is 29.2. The first-order valence-corrected chi connectivity index (χ1v) is 23.9. The van der Waals surface area contributed by atoms with Crippen LogP contribution >= 0.6 is 22.9 Å². The number of ether oxygens (including phenoxy) is 3. The average Bonchev–Trinajstić information content (AvgIpc) is 3.90. The highest BCUT2D eigenvalue weighted by Gasteiger charge is 2.64. The lowest BCUT2D eigenvalue weighted by atomic mass is 9.49. The number of hydrogen-bond donors (Lipinski definition) is 4. The summed E-state index contributed by atoms with van der Waals surface area (Å²) >= 11 is 7.80. The predicted octanol–water partition coefficient (Wildman–Crippen LogP) is 7.80. The number of halogens is 1. The van der Waals surface area contributed by atoms with Crippen molar-refractivity contribution in [3.05, 3.63) is 99.6 Å². The molecule has 1 aliphatic carbocycles. The normalized spacial score (nSPS) is 20.4. The molecule has 1 aliphatic heterocycles. The Labute approximate surface area is 402 Å². The topological polar surface area (TPSA) is 192 Å². The fourth-order valence-electron chi connectivity index (χ4n) is 9.39. The number of rotatable bonds is 18. The SMILES string of the molecule is Cc1ncsc1-c1ccc([C@H](C)NC(=O)[C@@H]2C[C@@H](O)CN2C(=O)[C@@H](NC(=O)COCCCCOc2ccc(C(=O)N[C@H]3C(C)(C)[C@H](Oc4ccc(C#N)c(Cl)c4)C3(C)C)cc2)C(C)(C)C)cc1. The minimum atomic E-state index is -0.972. The van der Waals surface area contributed by atoms with Gasteiger partial charge in [-0.05, 0) is 79.6 Å². The van der Waals surface area contributed by atoms with E-state index in [0.29, 0.717) is 47.1 Å². The molecule has 16 heteroatoms. The lowest BCUT2D eigenvalue weighted by Crippen LogP contribution is -2.74. The van der Waals surface area contributed by atoms with Crippen LogP contribution in [0, 0.1) is 34.5 Å². The number of unbranched alkanes of at least 4 members (excludes halogenated alkanes) is 1. The number of aryl methyl sites for hydroxylation is 1. The highest BCUT2D eigenvalue weighted by atomic mass is 35.5. The maximum Gasteiger partial charge on any atom is 0.251 e. The van der Waals surface area contributed by atoms with Crippen molar-refractivity contribution in [2.45, 2.75) is 118 Å². The molecule has 6 rings (SSSR count). The van der Waals surface area contributed by atoms with E-state index in [1.54, 1.807) is 53.8 Å². The van der Waals surface area contributed by atoms with Gasteiger partial charge in [0.25, 0.3) is 5.91 Å². The van der Waals surface area contributed by atoms with E-state index < -0.39 is 46.2 Å². The summed E-state index contributed by atoms with van der Waals surface area (Å²) in [6.45, 7) is 18.0. The third-order valence-electron chi connectivity index (χ3n) is 12.8. The molecule has 2 aliphatic rings. The number of nitriles is 1. The Morgan fingerprint density at radius 1 is 0.970 bits per heavy atom. The zero-order valence-corrected chi connectivity index (χ0v) is 41.3. The number of carbonyl (C=O) groups is 4. The fourth-order valence-corrected chi connectivity index (χ4v) is 10.4. The van der Waals surface area contributed by atoms with E-state index in [2.05, 4.69) is 54.7 Å². The summed E-state index contributed by atoms with van der Waals surface area (Å²) in [4.78, 5) is 61.0. The summed E-state index contributed by atoms with van der Waals surface area (Å²) < 4.78 is 17.9. The van der Waals surface area contributed by atoms with Crippen molar-refractivity contribution in [3.8, 4) is 28.0 Å². The molecule has 14 nitrogen and oxygen atoms in total. The molecule has 4 atom stereocenters. The van der Waals surface area contributed by atoms with E-state index in [9.17, 15) is 29.5 Å². The average molecular weight is 956 g/mol. The summed E-state index contributed by atoms with van der Waals surface area (Å²) in [5.41, 5.74) is 4.08. The Hall–Kier alpha value is -5.53. The minimum Gasteiger partial charge on any atom is -0.494 e. The number of nitrogens with one attached hydrogen (secondary N) is 3. The van der Waals surface area contributed by atoms with E-state index in [1.807, 2.05) is 64.4 Å². The monoisotopic (exact) mass is 954 g/mol. The Bertz CT molecular complexity index is 2430. The second-order valence-corrected chi connectivity index (χ2v) is 21.1. The standard InChI is InChI=1S/C51H63ClN6O8S/c1-30(32-12-14-33(15-13-32)42-31(2)54-29-67-42)55-45(62)40-24-36(59)27-58(40)46(63)43(49(3,4)5)56-41(60)28-64-22-10-11-23-65-37-19-16-34(17-20-37)44(61)57-47-50(6,7)48(51(47,8)9)66-38-21-18-35(26-53)39(52)25-38/h12-21,25,29-30,36,40,43,47-48,59H,10-11,22-24,27-28H2,1-9H3,(H,55,62)(H,56,60)(H,57,61)/t30-,36+,40-,43+,47-,48-/m0/s1. The lowest BCUT2D eigenvalue weighted by molar-refractivity contribution is -0.164. The van der Waals surface area contributed by atoms with Crippen LogP contribution in [0.4, 0.5) is 0 Å². The number of carbonyl (C=O) groups excluding carboxylic acids is 4. The van der Waals surface area contributed by atoms with Gasteiger partial charge < -0.3 is 40.2 Å². The third kappa shape index (κ3) is 12.0. The number of hydrogen-bond acceptors (Lipinski definition) is 11. The van der Waals surface area contributed by atoms with Crippen LogP contribution in [-0.2, 0) is 19.1 Å². The second-order valence-electron chi connectivity index (χ2n) is 19.8. The van der Waals surface area contributed by atoms with Crippen LogP contribution in [0.3, 0.4) is 0 Å². The van der Waals surface area contributed by atoms with Gasteiger partial charge in [-0.25, -0.2) is 4.98 Å². The smallest absolute Gasteiger partial charge is 0.251 e. The second kappa shape index (κ2) is 21.2. The van der Waals surface area contributed by atoms with Gasteiger partial charge in [-0.3, -0.25) is 19.2 Å². The number of amides is 4. The van der Waals surface area contributed by atoms with Crippen molar-refractivity contribution in [3.63, 3.8) is 0 Å². The quantitative estimate of drug-likeness (QED) is 0.0716. The predicted molar refractivity (Wildman–Crippen MR) is 258 cm³/mol. The van der Waals surface area contributed by atoms with Gasteiger partial charge in [-0.2, -0.15) is 5.26 Å². The van der Waals surface area contributed by atoms with E-state index in [-0.39, 0.29) is 56.2 Å². The molecule has 3 aromatic carbocycles. The van der Waals surface area contributed by atoms with Gasteiger partial charge in [-0.15, -0.1) is 11.3 Å². The van der Waals surface area contributed by atoms with E-state index in [4.69, 9.17) is 25.8 Å². The van der Waals surface area contributed by atoms with E-state index in [1.165, 1.54) is 4.90 Å². The van der Waals surface area contributed by atoms with Crippen LogP contribution in [0.15, 0.2) is 72.2 Å². The number of β-amino-alcohol motifs (C(OH)–C–C–N with tert-alkyl or cyclic N) is 1. The third-order valence-corrected chi connectivity index (χ3v) is 14.1. The molecule has 67 heavy (non-hydrogen) atoms. The zero-order valence-electron chi connectivity index (χ0n) is 39.8. The van der Waals surface area contributed by atoms with Gasteiger partial charge >= 0.3 is 0 Å². The molecule has 2 heterocycles. The van der Waals surface area contributed by atoms with Crippen LogP contribution in [0.25, 0.3) is 10.4 Å².